The number of hydrogen-bond acceptors (Lipinski definition) is 3. The van der Waals surface area contributed by atoms with Gasteiger partial charge in [0.05, 0.1) is 17.2 Å². The molecule has 0 bridgehead atoms. The van der Waals surface area contributed by atoms with Gasteiger partial charge in [-0.2, -0.15) is 0 Å². The lowest BCUT2D eigenvalue weighted by Crippen LogP contribution is -2.23. The number of anilines is 3. The molecule has 4 aromatic rings. The van der Waals surface area contributed by atoms with Crippen LogP contribution in [0, 0.1) is 5.92 Å². The summed E-state index contributed by atoms with van der Waals surface area (Å²) in [6.45, 7) is 4.31. The summed E-state index contributed by atoms with van der Waals surface area (Å²) in [6, 6.07) is 28.0. The number of pyridine rings is 1. The summed E-state index contributed by atoms with van der Waals surface area (Å²) in [7, 11) is 0. The van der Waals surface area contributed by atoms with Crippen molar-refractivity contribution in [3.63, 3.8) is 0 Å². The van der Waals surface area contributed by atoms with Crippen LogP contribution in [-0.2, 0) is 0 Å². The van der Waals surface area contributed by atoms with Crippen molar-refractivity contribution in [2.75, 3.05) is 10.6 Å². The number of hydrogen-bond donors (Lipinski definition) is 3. The summed E-state index contributed by atoms with van der Waals surface area (Å²) < 4.78 is 0. The minimum Gasteiger partial charge on any atom is -0.372 e. The van der Waals surface area contributed by atoms with Crippen LogP contribution in [-0.4, -0.2) is 4.98 Å². The average molecular weight is 383 g/mol. The maximum absolute atomic E-state index is 13.1. The molecule has 0 aliphatic heterocycles. The first kappa shape index (κ1) is 18.8. The molecule has 0 aliphatic carbocycles. The smallest absolute Gasteiger partial charge is 0.273 e. The van der Waals surface area contributed by atoms with Crippen LogP contribution in [0.1, 0.15) is 25.5 Å². The molecule has 4 heteroatoms. The van der Waals surface area contributed by atoms with Gasteiger partial charge in [0.15, 0.2) is 0 Å². The predicted octanol–water partition coefficient (Wildman–Crippen LogP) is 6.08. The lowest BCUT2D eigenvalue weighted by Gasteiger charge is -2.26. The van der Waals surface area contributed by atoms with Crippen LogP contribution >= 0.6 is 0 Å². The summed E-state index contributed by atoms with van der Waals surface area (Å²) in [5, 5.41) is 7.97. The Bertz CT molecular complexity index is 1150. The summed E-state index contributed by atoms with van der Waals surface area (Å²) in [5.74, 6) is 0.299. The van der Waals surface area contributed by atoms with E-state index in [4.69, 9.17) is 0 Å². The Balaban J connectivity index is 1.85. The molecule has 0 spiro atoms. The topological polar surface area (TPSA) is 56.9 Å². The second-order valence-electron chi connectivity index (χ2n) is 7.52. The second-order valence-corrected chi connectivity index (χ2v) is 7.52. The molecule has 0 fully saturated rings. The first-order chi connectivity index (χ1) is 14.1. The lowest BCUT2D eigenvalue weighted by molar-refractivity contribution is 0.546. The highest BCUT2D eigenvalue weighted by atomic mass is 16.1. The second kappa shape index (κ2) is 8.23. The summed E-state index contributed by atoms with van der Waals surface area (Å²) in [6.07, 6.45) is 0. The van der Waals surface area contributed by atoms with E-state index in [1.54, 1.807) is 0 Å². The molecular weight excluding hydrogens is 358 g/mol. The summed E-state index contributed by atoms with van der Waals surface area (Å²) in [4.78, 5) is 16.1. The summed E-state index contributed by atoms with van der Waals surface area (Å²) >= 11 is 0. The first-order valence-corrected chi connectivity index (χ1v) is 9.92. The Morgan fingerprint density at radius 1 is 0.759 bits per heavy atom. The molecule has 1 heterocycles. The first-order valence-electron chi connectivity index (χ1n) is 9.92. The third-order valence-electron chi connectivity index (χ3n) is 5.09. The van der Waals surface area contributed by atoms with Crippen LogP contribution in [0.2, 0.25) is 0 Å². The molecule has 0 amide bonds. The predicted molar refractivity (Wildman–Crippen MR) is 122 cm³/mol. The van der Waals surface area contributed by atoms with Gasteiger partial charge in [-0.25, -0.2) is 0 Å². The van der Waals surface area contributed by atoms with Gasteiger partial charge in [0, 0.05) is 11.1 Å². The molecule has 3 N–H and O–H groups in total. The minimum absolute atomic E-state index is 0.00906. The van der Waals surface area contributed by atoms with E-state index in [0.29, 0.717) is 11.6 Å². The highest BCUT2D eigenvalue weighted by Gasteiger charge is 2.20. The van der Waals surface area contributed by atoms with E-state index < -0.39 is 0 Å². The Hall–Kier alpha value is -3.53. The van der Waals surface area contributed by atoms with Crippen molar-refractivity contribution in [2.45, 2.75) is 19.9 Å². The molecule has 1 atom stereocenters. The Morgan fingerprint density at radius 2 is 1.38 bits per heavy atom. The van der Waals surface area contributed by atoms with Crippen LogP contribution in [0.3, 0.4) is 0 Å². The van der Waals surface area contributed by atoms with E-state index >= 15 is 0 Å². The van der Waals surface area contributed by atoms with Crippen LogP contribution in [0.4, 0.5) is 17.1 Å². The quantitative estimate of drug-likeness (QED) is 0.378. The largest absolute Gasteiger partial charge is 0.372 e. The van der Waals surface area contributed by atoms with Gasteiger partial charge in [-0.3, -0.25) is 4.79 Å². The van der Waals surface area contributed by atoms with E-state index in [-0.39, 0.29) is 11.6 Å². The van der Waals surface area contributed by atoms with Gasteiger partial charge in [-0.1, -0.05) is 80.6 Å². The van der Waals surface area contributed by atoms with Crippen molar-refractivity contribution >= 4 is 28.0 Å². The van der Waals surface area contributed by atoms with Gasteiger partial charge in [-0.05, 0) is 29.7 Å². The molecule has 0 radical (unpaired) electrons. The van der Waals surface area contributed by atoms with Crippen molar-refractivity contribution in [1.29, 1.82) is 0 Å². The molecule has 1 aromatic heterocycles. The molecule has 29 heavy (non-hydrogen) atoms. The molecule has 0 unspecified atom stereocenters. The van der Waals surface area contributed by atoms with Gasteiger partial charge < -0.3 is 15.6 Å². The van der Waals surface area contributed by atoms with Crippen LogP contribution in [0.25, 0.3) is 10.9 Å². The van der Waals surface area contributed by atoms with Crippen LogP contribution < -0.4 is 16.2 Å². The van der Waals surface area contributed by atoms with E-state index in [1.807, 2.05) is 72.8 Å². The standard InChI is InChI=1S/C25H25N3O/c1-17(2)22(18-11-5-3-6-12-18)28-24-23(26-19-13-7-4-8-14-19)20-15-9-10-16-21(20)27-25(24)29/h3-17,22,28H,1-2H3,(H2,26,27,29)/t22-/m1/s1. The average Bonchev–Trinajstić information content (AvgIpc) is 2.74. The van der Waals surface area contributed by atoms with Crippen molar-refractivity contribution in [2.24, 2.45) is 5.92 Å². The summed E-state index contributed by atoms with van der Waals surface area (Å²) in [5.41, 5.74) is 4.10. The minimum atomic E-state index is -0.135. The molecule has 4 rings (SSSR count). The Kier molecular flexibility index (Phi) is 5.34. The lowest BCUT2D eigenvalue weighted by atomic mass is 9.95. The van der Waals surface area contributed by atoms with Crippen molar-refractivity contribution < 1.29 is 0 Å². The fraction of sp³-hybridized carbons (Fsp3) is 0.160. The van der Waals surface area contributed by atoms with Crippen LogP contribution in [0.5, 0.6) is 0 Å². The van der Waals surface area contributed by atoms with Crippen molar-refractivity contribution in [3.8, 4) is 0 Å². The normalized spacial score (nSPS) is 12.1. The molecular formula is C25H25N3O. The third kappa shape index (κ3) is 4.02. The van der Waals surface area contributed by atoms with Gasteiger partial charge in [0.1, 0.15) is 5.69 Å². The van der Waals surface area contributed by atoms with E-state index in [1.165, 1.54) is 0 Å². The zero-order valence-corrected chi connectivity index (χ0v) is 16.6. The molecule has 146 valence electrons. The molecule has 0 aliphatic rings. The zero-order chi connectivity index (χ0) is 20.2. The molecule has 0 saturated carbocycles. The van der Waals surface area contributed by atoms with Gasteiger partial charge in [0.25, 0.3) is 5.56 Å². The van der Waals surface area contributed by atoms with Gasteiger partial charge >= 0.3 is 0 Å². The number of H-pyrrole nitrogens is 1. The van der Waals surface area contributed by atoms with Crippen molar-refractivity contribution in [1.82, 2.24) is 4.98 Å². The van der Waals surface area contributed by atoms with E-state index in [9.17, 15) is 4.79 Å². The Morgan fingerprint density at radius 3 is 2.07 bits per heavy atom. The third-order valence-corrected chi connectivity index (χ3v) is 5.09. The van der Waals surface area contributed by atoms with E-state index in [0.717, 1.165) is 27.8 Å². The molecule has 4 nitrogen and oxygen atoms in total. The fourth-order valence-corrected chi connectivity index (χ4v) is 3.63. The highest BCUT2D eigenvalue weighted by molar-refractivity contribution is 5.99. The van der Waals surface area contributed by atoms with Gasteiger partial charge in [-0.15, -0.1) is 0 Å². The fourth-order valence-electron chi connectivity index (χ4n) is 3.63. The van der Waals surface area contributed by atoms with E-state index in [2.05, 4.69) is 41.6 Å². The molecule has 0 saturated heterocycles. The number of aromatic amines is 1. The highest BCUT2D eigenvalue weighted by Crippen LogP contribution is 2.34. The maximum atomic E-state index is 13.1. The number of rotatable bonds is 6. The maximum Gasteiger partial charge on any atom is 0.273 e. The van der Waals surface area contributed by atoms with Gasteiger partial charge in [0.2, 0.25) is 0 Å². The molecule has 3 aromatic carbocycles. The Labute approximate surface area is 170 Å². The number of fused-ring (bicyclic) bond motifs is 1. The monoisotopic (exact) mass is 383 g/mol. The van der Waals surface area contributed by atoms with Crippen molar-refractivity contribution in [3.05, 3.63) is 101 Å². The number of benzene rings is 3. The number of para-hydroxylation sites is 2. The van der Waals surface area contributed by atoms with Crippen LogP contribution in [0.15, 0.2) is 89.7 Å². The zero-order valence-electron chi connectivity index (χ0n) is 16.6. The number of nitrogens with one attached hydrogen (secondary N) is 3. The number of aromatic nitrogens is 1. The SMILES string of the molecule is CC(C)[C@@H](Nc1c(Nc2ccccc2)c2ccccc2[nH]c1=O)c1ccccc1.